The highest BCUT2D eigenvalue weighted by Gasteiger charge is 2.55. The van der Waals surface area contributed by atoms with Crippen molar-refractivity contribution >= 4 is 5.91 Å². The molecule has 154 valence electrons. The Balaban J connectivity index is 1.28. The summed E-state index contributed by atoms with van der Waals surface area (Å²) in [5.74, 6) is 2.71. The maximum atomic E-state index is 12.9. The number of carbonyl (C=O) groups excluding carboxylic acids is 1. The zero-order valence-corrected chi connectivity index (χ0v) is 16.9. The summed E-state index contributed by atoms with van der Waals surface area (Å²) < 4.78 is 11.2. The first-order chi connectivity index (χ1) is 14.2. The van der Waals surface area contributed by atoms with Crippen LogP contribution in [0.4, 0.5) is 0 Å². The Morgan fingerprint density at radius 3 is 2.83 bits per heavy atom. The van der Waals surface area contributed by atoms with Crippen molar-refractivity contribution in [2.24, 2.45) is 11.8 Å². The second-order valence-corrected chi connectivity index (χ2v) is 8.90. The van der Waals surface area contributed by atoms with Crippen LogP contribution < -0.4 is 0 Å². The lowest BCUT2D eigenvalue weighted by molar-refractivity contribution is -0.131. The summed E-state index contributed by atoms with van der Waals surface area (Å²) in [7, 11) is 0. The van der Waals surface area contributed by atoms with Gasteiger partial charge in [0.25, 0.3) is 0 Å². The third-order valence-corrected chi connectivity index (χ3v) is 7.21. The van der Waals surface area contributed by atoms with Crippen molar-refractivity contribution < 1.29 is 14.1 Å². The molecule has 29 heavy (non-hydrogen) atoms. The van der Waals surface area contributed by atoms with Crippen LogP contribution in [0.5, 0.6) is 0 Å². The topological polar surface area (TPSA) is 68.5 Å². The van der Waals surface area contributed by atoms with Gasteiger partial charge in [0.05, 0.1) is 5.41 Å². The molecule has 1 saturated carbocycles. The van der Waals surface area contributed by atoms with Crippen LogP contribution in [-0.2, 0) is 14.9 Å². The van der Waals surface area contributed by atoms with Crippen molar-refractivity contribution in [2.75, 3.05) is 26.3 Å². The molecular formula is C23H29N3O3. The lowest BCUT2D eigenvalue weighted by atomic mass is 9.80. The second kappa shape index (κ2) is 7.90. The van der Waals surface area contributed by atoms with Gasteiger partial charge in [0.1, 0.15) is 0 Å². The molecule has 0 unspecified atom stereocenters. The van der Waals surface area contributed by atoms with Gasteiger partial charge in [-0.2, -0.15) is 4.98 Å². The van der Waals surface area contributed by atoms with Crippen LogP contribution in [0, 0.1) is 11.8 Å². The van der Waals surface area contributed by atoms with Gasteiger partial charge in [0, 0.05) is 38.3 Å². The molecule has 3 fully saturated rings. The van der Waals surface area contributed by atoms with Crippen LogP contribution in [-0.4, -0.2) is 47.3 Å². The monoisotopic (exact) mass is 395 g/mol. The number of ether oxygens (including phenoxy) is 1. The molecule has 1 amide bonds. The molecule has 0 radical (unpaired) electrons. The van der Waals surface area contributed by atoms with Gasteiger partial charge in [0.2, 0.25) is 17.6 Å². The molecule has 2 aliphatic heterocycles. The summed E-state index contributed by atoms with van der Waals surface area (Å²) in [6.07, 6.45) is 7.12. The summed E-state index contributed by atoms with van der Waals surface area (Å²) in [5.41, 5.74) is 0.810. The summed E-state index contributed by atoms with van der Waals surface area (Å²) in [4.78, 5) is 19.8. The molecule has 1 aromatic carbocycles. The maximum absolute atomic E-state index is 12.9. The van der Waals surface area contributed by atoms with Crippen molar-refractivity contribution in [3.63, 3.8) is 0 Å². The first-order valence-corrected chi connectivity index (χ1v) is 11.0. The van der Waals surface area contributed by atoms with Gasteiger partial charge in [-0.3, -0.25) is 4.79 Å². The van der Waals surface area contributed by atoms with Crippen LogP contribution in [0.3, 0.4) is 0 Å². The molecule has 1 aromatic heterocycles. The number of hydrogen-bond donors (Lipinski definition) is 0. The molecule has 2 aromatic rings. The van der Waals surface area contributed by atoms with Gasteiger partial charge in [0.15, 0.2) is 0 Å². The molecular weight excluding hydrogens is 366 g/mol. The van der Waals surface area contributed by atoms with Crippen LogP contribution in [0.1, 0.15) is 50.8 Å². The molecule has 0 bridgehead atoms. The lowest BCUT2D eigenvalue weighted by Gasteiger charge is -2.25. The molecule has 0 N–H and O–H groups in total. The number of fused-ring (bicyclic) bond motifs is 1. The average Bonchev–Trinajstić information content (AvgIpc) is 3.47. The third-order valence-electron chi connectivity index (χ3n) is 7.21. The summed E-state index contributed by atoms with van der Waals surface area (Å²) in [6, 6.07) is 9.95. The molecule has 2 saturated heterocycles. The van der Waals surface area contributed by atoms with E-state index in [2.05, 4.69) is 10.1 Å². The Morgan fingerprint density at radius 2 is 2.00 bits per heavy atom. The normalized spacial score (nSPS) is 27.3. The number of rotatable bonds is 5. The van der Waals surface area contributed by atoms with E-state index < -0.39 is 0 Å². The molecule has 5 rings (SSSR count). The Kier molecular flexibility index (Phi) is 5.12. The minimum Gasteiger partial charge on any atom is -0.381 e. The molecule has 6 heteroatoms. The Morgan fingerprint density at radius 1 is 1.17 bits per heavy atom. The molecule has 3 heterocycles. The summed E-state index contributed by atoms with van der Waals surface area (Å²) in [6.45, 7) is 3.24. The van der Waals surface area contributed by atoms with Crippen LogP contribution in [0.25, 0.3) is 11.4 Å². The number of aromatic nitrogens is 2. The number of benzene rings is 1. The quantitative estimate of drug-likeness (QED) is 0.770. The summed E-state index contributed by atoms with van der Waals surface area (Å²) >= 11 is 0. The fraction of sp³-hybridized carbons (Fsp3) is 0.609. The van der Waals surface area contributed by atoms with E-state index in [0.717, 1.165) is 76.3 Å². The smallest absolute Gasteiger partial charge is 0.235 e. The standard InChI is InChI=1S/C23H29N3O3/c27-20(9-8-17-10-13-28-14-11-17)26-15-19-7-4-12-23(19,16-26)22-24-21(25-29-22)18-5-2-1-3-6-18/h1-3,5-6,17,19H,4,7-16H2/t19-,23-/m1/s1. The van der Waals surface area contributed by atoms with Crippen LogP contribution in [0.2, 0.25) is 0 Å². The maximum Gasteiger partial charge on any atom is 0.235 e. The van der Waals surface area contributed by atoms with Crippen molar-refractivity contribution in [3.8, 4) is 11.4 Å². The van der Waals surface area contributed by atoms with Crippen molar-refractivity contribution in [3.05, 3.63) is 36.2 Å². The van der Waals surface area contributed by atoms with E-state index >= 15 is 0 Å². The van der Waals surface area contributed by atoms with Crippen LogP contribution in [0.15, 0.2) is 34.9 Å². The van der Waals surface area contributed by atoms with Gasteiger partial charge >= 0.3 is 0 Å². The summed E-state index contributed by atoms with van der Waals surface area (Å²) in [5, 5.41) is 4.25. The SMILES string of the molecule is O=C(CCC1CCOCC1)N1C[C@H]2CCC[C@@]2(c2nc(-c3ccccc3)no2)C1. The van der Waals surface area contributed by atoms with E-state index in [4.69, 9.17) is 14.2 Å². The fourth-order valence-corrected chi connectivity index (χ4v) is 5.48. The van der Waals surface area contributed by atoms with Gasteiger partial charge in [-0.1, -0.05) is 41.9 Å². The van der Waals surface area contributed by atoms with E-state index in [1.165, 1.54) is 0 Å². The lowest BCUT2D eigenvalue weighted by Crippen LogP contribution is -2.35. The van der Waals surface area contributed by atoms with Gasteiger partial charge in [-0.05, 0) is 43.9 Å². The van der Waals surface area contributed by atoms with E-state index in [0.29, 0.717) is 24.1 Å². The number of carbonyl (C=O) groups is 1. The largest absolute Gasteiger partial charge is 0.381 e. The second-order valence-electron chi connectivity index (χ2n) is 8.90. The first kappa shape index (κ1) is 18.8. The van der Waals surface area contributed by atoms with Gasteiger partial charge in [-0.15, -0.1) is 0 Å². The Bertz CT molecular complexity index is 846. The Labute approximate surface area is 171 Å². The number of hydrogen-bond acceptors (Lipinski definition) is 5. The van der Waals surface area contributed by atoms with Crippen molar-refractivity contribution in [1.29, 1.82) is 0 Å². The zero-order valence-electron chi connectivity index (χ0n) is 16.9. The first-order valence-electron chi connectivity index (χ1n) is 11.0. The number of likely N-dealkylation sites (tertiary alicyclic amines) is 1. The van der Waals surface area contributed by atoms with Gasteiger partial charge in [-0.25, -0.2) is 0 Å². The predicted molar refractivity (Wildman–Crippen MR) is 108 cm³/mol. The zero-order chi connectivity index (χ0) is 19.7. The van der Waals surface area contributed by atoms with Crippen LogP contribution >= 0.6 is 0 Å². The molecule has 2 atom stereocenters. The van der Waals surface area contributed by atoms with Crippen molar-refractivity contribution in [1.82, 2.24) is 15.0 Å². The molecule has 0 spiro atoms. The van der Waals surface area contributed by atoms with Gasteiger partial charge < -0.3 is 14.2 Å². The van der Waals surface area contributed by atoms with E-state index in [-0.39, 0.29) is 11.3 Å². The predicted octanol–water partition coefficient (Wildman–Crippen LogP) is 3.82. The molecule has 1 aliphatic carbocycles. The van der Waals surface area contributed by atoms with E-state index in [9.17, 15) is 4.79 Å². The molecule has 6 nitrogen and oxygen atoms in total. The highest BCUT2D eigenvalue weighted by Crippen LogP contribution is 2.50. The van der Waals surface area contributed by atoms with E-state index in [1.807, 2.05) is 30.3 Å². The minimum absolute atomic E-state index is 0.158. The third kappa shape index (κ3) is 3.59. The minimum atomic E-state index is -0.158. The fourth-order valence-electron chi connectivity index (χ4n) is 5.48. The molecule has 3 aliphatic rings. The average molecular weight is 396 g/mol. The number of amides is 1. The highest BCUT2D eigenvalue weighted by molar-refractivity contribution is 5.77. The van der Waals surface area contributed by atoms with Crippen molar-refractivity contribution in [2.45, 2.75) is 50.4 Å². The Hall–Kier alpha value is -2.21. The van der Waals surface area contributed by atoms with E-state index in [1.54, 1.807) is 0 Å². The number of nitrogens with zero attached hydrogens (tertiary/aromatic N) is 3. The highest BCUT2D eigenvalue weighted by atomic mass is 16.5.